The van der Waals surface area contributed by atoms with E-state index in [9.17, 15) is 9.59 Å². The summed E-state index contributed by atoms with van der Waals surface area (Å²) in [7, 11) is 2.16. The quantitative estimate of drug-likeness (QED) is 0.696. The number of thioether (sulfide) groups is 1. The summed E-state index contributed by atoms with van der Waals surface area (Å²) in [5.74, 6) is 2.02. The third kappa shape index (κ3) is 8.30. The van der Waals surface area contributed by atoms with Gasteiger partial charge in [0.1, 0.15) is 0 Å². The monoisotopic (exact) mass is 383 g/mol. The van der Waals surface area contributed by atoms with E-state index in [0.29, 0.717) is 18.2 Å². The molecule has 1 heterocycles. The first-order valence-electron chi connectivity index (χ1n) is 10.4. The van der Waals surface area contributed by atoms with E-state index in [0.717, 1.165) is 32.0 Å². The summed E-state index contributed by atoms with van der Waals surface area (Å²) in [6, 6.07) is 0.0539. The van der Waals surface area contributed by atoms with Crippen LogP contribution in [0.5, 0.6) is 0 Å². The van der Waals surface area contributed by atoms with Gasteiger partial charge in [0, 0.05) is 38.9 Å². The number of carbonyl (C=O) groups is 2. The van der Waals surface area contributed by atoms with Gasteiger partial charge in [0.2, 0.25) is 0 Å². The molecular formula is C20H37N3O2S. The molecule has 1 atom stereocenters. The molecule has 0 aromatic rings. The molecule has 0 radical (unpaired) electrons. The maximum Gasteiger partial charge on any atom is 0.317 e. The van der Waals surface area contributed by atoms with Crippen LogP contribution in [0, 0.1) is 11.8 Å². The zero-order valence-corrected chi connectivity index (χ0v) is 17.5. The van der Waals surface area contributed by atoms with Crippen molar-refractivity contribution in [3.8, 4) is 0 Å². The molecule has 0 aromatic heterocycles. The molecule has 26 heavy (non-hydrogen) atoms. The molecule has 0 spiro atoms. The van der Waals surface area contributed by atoms with E-state index in [1.165, 1.54) is 63.3 Å². The lowest BCUT2D eigenvalue weighted by atomic mass is 9.87. The predicted octanol–water partition coefficient (Wildman–Crippen LogP) is 3.59. The number of amides is 2. The minimum atomic E-state index is 0.0539. The summed E-state index contributed by atoms with van der Waals surface area (Å²) in [4.78, 5) is 28.2. The van der Waals surface area contributed by atoms with Gasteiger partial charge in [-0.05, 0) is 44.7 Å². The summed E-state index contributed by atoms with van der Waals surface area (Å²) >= 11 is 1.32. The van der Waals surface area contributed by atoms with Crippen LogP contribution in [0.4, 0.5) is 4.79 Å². The summed E-state index contributed by atoms with van der Waals surface area (Å²) in [5, 5.41) is 3.29. The molecule has 2 fully saturated rings. The van der Waals surface area contributed by atoms with Gasteiger partial charge in [0.25, 0.3) is 0 Å². The number of carbonyl (C=O) groups excluding carboxylic acids is 2. The van der Waals surface area contributed by atoms with Crippen LogP contribution in [-0.4, -0.2) is 66.5 Å². The molecule has 1 aliphatic carbocycles. The van der Waals surface area contributed by atoms with Crippen molar-refractivity contribution in [1.82, 2.24) is 15.1 Å². The van der Waals surface area contributed by atoms with E-state index >= 15 is 0 Å². The average Bonchev–Trinajstić information content (AvgIpc) is 2.63. The minimum Gasteiger partial charge on any atom is -0.338 e. The van der Waals surface area contributed by atoms with Crippen LogP contribution in [0.2, 0.25) is 0 Å². The van der Waals surface area contributed by atoms with Gasteiger partial charge in [-0.25, -0.2) is 4.79 Å². The normalized spacial score (nSPS) is 22.2. The average molecular weight is 384 g/mol. The number of nitrogens with zero attached hydrogens (tertiary/aromatic N) is 2. The molecule has 1 aliphatic heterocycles. The first kappa shape index (κ1) is 21.5. The molecule has 150 valence electrons. The van der Waals surface area contributed by atoms with Crippen LogP contribution in [-0.2, 0) is 4.79 Å². The number of hydrogen-bond donors (Lipinski definition) is 1. The van der Waals surface area contributed by atoms with Crippen molar-refractivity contribution in [1.29, 1.82) is 0 Å². The molecule has 1 saturated heterocycles. The molecule has 2 rings (SSSR count). The topological polar surface area (TPSA) is 52.7 Å². The van der Waals surface area contributed by atoms with Gasteiger partial charge in [-0.1, -0.05) is 43.9 Å². The van der Waals surface area contributed by atoms with Gasteiger partial charge in [0.15, 0.2) is 5.12 Å². The fourth-order valence-corrected chi connectivity index (χ4v) is 4.81. The predicted molar refractivity (Wildman–Crippen MR) is 110 cm³/mol. The van der Waals surface area contributed by atoms with Gasteiger partial charge in [-0.3, -0.25) is 4.79 Å². The highest BCUT2D eigenvalue weighted by Gasteiger charge is 2.21. The largest absolute Gasteiger partial charge is 0.338 e. The summed E-state index contributed by atoms with van der Waals surface area (Å²) in [5.41, 5.74) is 0. The van der Waals surface area contributed by atoms with Crippen molar-refractivity contribution in [3.05, 3.63) is 0 Å². The Labute approximate surface area is 163 Å². The molecule has 0 bridgehead atoms. The minimum absolute atomic E-state index is 0.0539. The van der Waals surface area contributed by atoms with Crippen LogP contribution in [0.1, 0.15) is 58.3 Å². The van der Waals surface area contributed by atoms with E-state index in [-0.39, 0.29) is 11.1 Å². The summed E-state index contributed by atoms with van der Waals surface area (Å²) < 4.78 is 0. The Bertz CT molecular complexity index is 441. The van der Waals surface area contributed by atoms with Crippen molar-refractivity contribution >= 4 is 22.9 Å². The molecule has 6 heteroatoms. The first-order valence-corrected chi connectivity index (χ1v) is 11.4. The van der Waals surface area contributed by atoms with E-state index in [4.69, 9.17) is 0 Å². The Morgan fingerprint density at radius 3 is 2.50 bits per heavy atom. The van der Waals surface area contributed by atoms with Crippen molar-refractivity contribution < 1.29 is 9.59 Å². The number of nitrogens with one attached hydrogen (secondary N) is 1. The van der Waals surface area contributed by atoms with Crippen LogP contribution in [0.25, 0.3) is 0 Å². The number of hydrogen-bond acceptors (Lipinski definition) is 4. The Balaban J connectivity index is 1.77. The lowest BCUT2D eigenvalue weighted by Crippen LogP contribution is -2.46. The fourth-order valence-electron chi connectivity index (χ4n) is 4.21. The molecule has 1 N–H and O–H groups in total. The van der Waals surface area contributed by atoms with E-state index < -0.39 is 0 Å². The van der Waals surface area contributed by atoms with Crippen LogP contribution < -0.4 is 5.32 Å². The van der Waals surface area contributed by atoms with Gasteiger partial charge in [-0.15, -0.1) is 0 Å². The zero-order chi connectivity index (χ0) is 18.8. The zero-order valence-electron chi connectivity index (χ0n) is 16.7. The van der Waals surface area contributed by atoms with Crippen molar-refractivity contribution in [2.45, 2.75) is 58.3 Å². The smallest absolute Gasteiger partial charge is 0.317 e. The number of piperidine rings is 1. The van der Waals surface area contributed by atoms with Crippen molar-refractivity contribution in [3.63, 3.8) is 0 Å². The second kappa shape index (κ2) is 11.9. The second-order valence-electron chi connectivity index (χ2n) is 8.08. The van der Waals surface area contributed by atoms with Gasteiger partial charge >= 0.3 is 6.03 Å². The number of rotatable bonds is 8. The maximum atomic E-state index is 12.7. The molecule has 0 aromatic carbocycles. The molecule has 1 unspecified atom stereocenters. The van der Waals surface area contributed by atoms with Crippen molar-refractivity contribution in [2.24, 2.45) is 11.8 Å². The van der Waals surface area contributed by atoms with Crippen LogP contribution in [0.15, 0.2) is 0 Å². The SMILES string of the molecule is CC(=O)SCCN(CCC1CCCCC1)C(=O)NCC1CCCN(C)C1. The van der Waals surface area contributed by atoms with Gasteiger partial charge < -0.3 is 15.1 Å². The Hall–Kier alpha value is -0.750. The fraction of sp³-hybridized carbons (Fsp3) is 0.900. The third-order valence-corrected chi connectivity index (χ3v) is 6.54. The number of likely N-dealkylation sites (tertiary alicyclic amines) is 1. The van der Waals surface area contributed by atoms with Crippen molar-refractivity contribution in [2.75, 3.05) is 45.5 Å². The Morgan fingerprint density at radius 2 is 1.81 bits per heavy atom. The third-order valence-electron chi connectivity index (χ3n) is 5.75. The molecule has 5 nitrogen and oxygen atoms in total. The van der Waals surface area contributed by atoms with Gasteiger partial charge in [0.05, 0.1) is 0 Å². The van der Waals surface area contributed by atoms with Crippen LogP contribution >= 0.6 is 11.8 Å². The van der Waals surface area contributed by atoms with E-state index in [2.05, 4.69) is 17.3 Å². The lowest BCUT2D eigenvalue weighted by molar-refractivity contribution is -0.109. The van der Waals surface area contributed by atoms with E-state index in [1.54, 1.807) is 6.92 Å². The second-order valence-corrected chi connectivity index (χ2v) is 9.35. The highest BCUT2D eigenvalue weighted by atomic mass is 32.2. The highest BCUT2D eigenvalue weighted by molar-refractivity contribution is 8.13. The Morgan fingerprint density at radius 1 is 1.08 bits per heavy atom. The van der Waals surface area contributed by atoms with Crippen LogP contribution in [0.3, 0.4) is 0 Å². The highest BCUT2D eigenvalue weighted by Crippen LogP contribution is 2.26. The molecule has 2 amide bonds. The molecule has 1 saturated carbocycles. The van der Waals surface area contributed by atoms with E-state index in [1.807, 2.05) is 4.90 Å². The summed E-state index contributed by atoms with van der Waals surface area (Å²) in [6.45, 7) is 6.08. The maximum absolute atomic E-state index is 12.7. The lowest BCUT2D eigenvalue weighted by Gasteiger charge is -2.31. The molecule has 2 aliphatic rings. The molecular weight excluding hydrogens is 346 g/mol. The van der Waals surface area contributed by atoms with Gasteiger partial charge in [-0.2, -0.15) is 0 Å². The standard InChI is InChI=1S/C20H37N3O2S/c1-17(24)26-14-13-23(12-10-18-7-4-3-5-8-18)20(25)21-15-19-9-6-11-22(2)16-19/h18-19H,3-16H2,1-2H3,(H,21,25). The first-order chi connectivity index (χ1) is 12.5. The summed E-state index contributed by atoms with van der Waals surface area (Å²) in [6.07, 6.45) is 10.2. The number of urea groups is 1. The Kier molecular flexibility index (Phi) is 9.83.